The molecule has 130 valence electrons. The van der Waals surface area contributed by atoms with Gasteiger partial charge in [0.15, 0.2) is 0 Å². The number of carbonyl (C=O) groups excluding carboxylic acids is 1. The van der Waals surface area contributed by atoms with Gasteiger partial charge >= 0.3 is 6.09 Å². The molecule has 1 N–H and O–H groups in total. The molecule has 4 nitrogen and oxygen atoms in total. The molecular formula is C21H23NO3. The molecule has 1 heterocycles. The van der Waals surface area contributed by atoms with Crippen molar-refractivity contribution in [2.45, 2.75) is 18.8 Å². The minimum Gasteiger partial charge on any atom is -0.448 e. The minimum atomic E-state index is -0.264. The van der Waals surface area contributed by atoms with Gasteiger partial charge < -0.3 is 14.7 Å². The summed E-state index contributed by atoms with van der Waals surface area (Å²) in [6.45, 7) is 1.79. The van der Waals surface area contributed by atoms with Gasteiger partial charge in [0.25, 0.3) is 0 Å². The highest BCUT2D eigenvalue weighted by Gasteiger charge is 2.30. The number of nitrogens with zero attached hydrogens (tertiary/aromatic N) is 1. The Kier molecular flexibility index (Phi) is 4.45. The van der Waals surface area contributed by atoms with Gasteiger partial charge in [0.05, 0.1) is 0 Å². The fraction of sp³-hybridized carbons (Fsp3) is 0.381. The zero-order chi connectivity index (χ0) is 17.2. The largest absolute Gasteiger partial charge is 0.448 e. The molecule has 1 aliphatic carbocycles. The van der Waals surface area contributed by atoms with Crippen molar-refractivity contribution in [3.63, 3.8) is 0 Å². The molecule has 1 aliphatic heterocycles. The number of amides is 1. The zero-order valence-electron chi connectivity index (χ0n) is 14.2. The van der Waals surface area contributed by atoms with E-state index in [0.717, 1.165) is 12.8 Å². The topological polar surface area (TPSA) is 49.8 Å². The van der Waals surface area contributed by atoms with Crippen LogP contribution in [0.2, 0.25) is 0 Å². The van der Waals surface area contributed by atoms with Gasteiger partial charge in [-0.1, -0.05) is 48.5 Å². The molecule has 1 saturated heterocycles. The van der Waals surface area contributed by atoms with E-state index in [-0.39, 0.29) is 24.5 Å². The van der Waals surface area contributed by atoms with Crippen LogP contribution >= 0.6 is 0 Å². The Morgan fingerprint density at radius 1 is 1.08 bits per heavy atom. The van der Waals surface area contributed by atoms with Crippen molar-refractivity contribution in [2.75, 3.05) is 26.3 Å². The summed E-state index contributed by atoms with van der Waals surface area (Å²) in [5, 5.41) is 9.33. The molecule has 0 radical (unpaired) electrons. The summed E-state index contributed by atoms with van der Waals surface area (Å²) in [6.07, 6.45) is 1.64. The molecule has 1 amide bonds. The monoisotopic (exact) mass is 337 g/mol. The third kappa shape index (κ3) is 3.02. The summed E-state index contributed by atoms with van der Waals surface area (Å²) >= 11 is 0. The first-order valence-corrected chi connectivity index (χ1v) is 8.98. The molecular weight excluding hydrogens is 314 g/mol. The van der Waals surface area contributed by atoms with E-state index in [1.807, 2.05) is 24.3 Å². The first kappa shape index (κ1) is 16.2. The second-order valence-corrected chi connectivity index (χ2v) is 6.94. The van der Waals surface area contributed by atoms with Crippen LogP contribution in [0.1, 0.15) is 29.9 Å². The smallest absolute Gasteiger partial charge is 0.409 e. The van der Waals surface area contributed by atoms with Crippen LogP contribution in [0.15, 0.2) is 48.5 Å². The van der Waals surface area contributed by atoms with E-state index < -0.39 is 0 Å². The number of benzene rings is 2. The number of hydrogen-bond acceptors (Lipinski definition) is 3. The molecule has 4 rings (SSSR count). The predicted molar refractivity (Wildman–Crippen MR) is 96.5 cm³/mol. The first-order valence-electron chi connectivity index (χ1n) is 8.98. The zero-order valence-corrected chi connectivity index (χ0v) is 14.2. The third-order valence-electron chi connectivity index (χ3n) is 5.37. The van der Waals surface area contributed by atoms with E-state index in [2.05, 4.69) is 24.3 Å². The molecule has 0 aromatic heterocycles. The summed E-state index contributed by atoms with van der Waals surface area (Å²) in [6, 6.07) is 16.7. The number of rotatable bonds is 3. The lowest BCUT2D eigenvalue weighted by Gasteiger charge is -2.31. The van der Waals surface area contributed by atoms with E-state index in [9.17, 15) is 9.90 Å². The van der Waals surface area contributed by atoms with Crippen molar-refractivity contribution in [3.05, 3.63) is 59.7 Å². The molecule has 2 aliphatic rings. The van der Waals surface area contributed by atoms with Crippen molar-refractivity contribution < 1.29 is 14.6 Å². The van der Waals surface area contributed by atoms with Gasteiger partial charge in [0.1, 0.15) is 6.61 Å². The van der Waals surface area contributed by atoms with Gasteiger partial charge in [-0.2, -0.15) is 0 Å². The molecule has 0 spiro atoms. The quantitative estimate of drug-likeness (QED) is 0.930. The summed E-state index contributed by atoms with van der Waals surface area (Å²) in [5.74, 6) is 0.268. The summed E-state index contributed by atoms with van der Waals surface area (Å²) in [7, 11) is 0. The van der Waals surface area contributed by atoms with Gasteiger partial charge in [-0.25, -0.2) is 4.79 Å². The minimum absolute atomic E-state index is 0.0924. The molecule has 0 saturated carbocycles. The van der Waals surface area contributed by atoms with E-state index in [0.29, 0.717) is 19.7 Å². The maximum Gasteiger partial charge on any atom is 0.409 e. The highest BCUT2D eigenvalue weighted by molar-refractivity contribution is 5.79. The maximum atomic E-state index is 12.5. The molecule has 2 aromatic carbocycles. The lowest BCUT2D eigenvalue weighted by atomic mass is 9.98. The van der Waals surface area contributed by atoms with Crippen molar-refractivity contribution in [3.8, 4) is 11.1 Å². The molecule has 2 aromatic rings. The number of carbonyl (C=O) groups is 1. The summed E-state index contributed by atoms with van der Waals surface area (Å²) < 4.78 is 5.68. The van der Waals surface area contributed by atoms with Crippen LogP contribution in [0.4, 0.5) is 4.79 Å². The van der Waals surface area contributed by atoms with Gasteiger partial charge in [-0.05, 0) is 41.0 Å². The normalized spacial score (nSPS) is 19.4. The van der Waals surface area contributed by atoms with Crippen LogP contribution in [-0.2, 0) is 4.74 Å². The molecule has 1 fully saturated rings. The summed E-state index contributed by atoms with van der Waals surface area (Å²) in [4.78, 5) is 14.2. The lowest BCUT2D eigenvalue weighted by Crippen LogP contribution is -2.41. The SMILES string of the molecule is O=C(OCC1c2ccccc2-c2ccccc21)N1CCC[C@@H](CO)C1. The van der Waals surface area contributed by atoms with E-state index in [1.165, 1.54) is 22.3 Å². The second kappa shape index (κ2) is 6.89. The Morgan fingerprint density at radius 3 is 2.36 bits per heavy atom. The van der Waals surface area contributed by atoms with Crippen LogP contribution in [-0.4, -0.2) is 42.4 Å². The third-order valence-corrected chi connectivity index (χ3v) is 5.37. The Morgan fingerprint density at radius 2 is 1.72 bits per heavy atom. The van der Waals surface area contributed by atoms with E-state index in [4.69, 9.17) is 4.74 Å². The Hall–Kier alpha value is -2.33. The molecule has 1 atom stereocenters. The predicted octanol–water partition coefficient (Wildman–Crippen LogP) is 3.64. The number of ether oxygens (including phenoxy) is 1. The fourth-order valence-corrected chi connectivity index (χ4v) is 4.07. The van der Waals surface area contributed by atoms with E-state index in [1.54, 1.807) is 4.90 Å². The van der Waals surface area contributed by atoms with Gasteiger partial charge in [0, 0.05) is 25.6 Å². The number of likely N-dealkylation sites (tertiary alicyclic amines) is 1. The van der Waals surface area contributed by atoms with Crippen molar-refractivity contribution in [1.29, 1.82) is 0 Å². The Balaban J connectivity index is 1.49. The highest BCUT2D eigenvalue weighted by atomic mass is 16.6. The lowest BCUT2D eigenvalue weighted by molar-refractivity contribution is 0.0713. The fourth-order valence-electron chi connectivity index (χ4n) is 4.07. The number of hydrogen-bond donors (Lipinski definition) is 1. The second-order valence-electron chi connectivity index (χ2n) is 6.94. The maximum absolute atomic E-state index is 12.5. The first-order chi connectivity index (χ1) is 12.3. The van der Waals surface area contributed by atoms with Gasteiger partial charge in [-0.15, -0.1) is 0 Å². The number of fused-ring (bicyclic) bond motifs is 3. The average molecular weight is 337 g/mol. The van der Waals surface area contributed by atoms with Crippen LogP contribution in [0, 0.1) is 5.92 Å². The highest BCUT2D eigenvalue weighted by Crippen LogP contribution is 2.44. The summed E-state index contributed by atoms with van der Waals surface area (Å²) in [5.41, 5.74) is 4.92. The molecule has 0 unspecified atom stereocenters. The van der Waals surface area contributed by atoms with Gasteiger partial charge in [-0.3, -0.25) is 0 Å². The van der Waals surface area contributed by atoms with Crippen molar-refractivity contribution in [1.82, 2.24) is 4.90 Å². The standard InChI is InChI=1S/C21H23NO3/c23-13-15-6-5-11-22(12-15)21(24)25-14-20-18-9-3-1-7-16(18)17-8-2-4-10-19(17)20/h1-4,7-10,15,20,23H,5-6,11-14H2/t15-/m1/s1. The van der Waals surface area contributed by atoms with Crippen LogP contribution < -0.4 is 0 Å². The number of piperidine rings is 1. The average Bonchev–Trinajstić information content (AvgIpc) is 3.00. The van der Waals surface area contributed by atoms with Crippen LogP contribution in [0.5, 0.6) is 0 Å². The van der Waals surface area contributed by atoms with Crippen LogP contribution in [0.3, 0.4) is 0 Å². The molecule has 25 heavy (non-hydrogen) atoms. The Bertz CT molecular complexity index is 728. The van der Waals surface area contributed by atoms with Crippen molar-refractivity contribution in [2.24, 2.45) is 5.92 Å². The number of aliphatic hydroxyl groups excluding tert-OH is 1. The number of aliphatic hydroxyl groups is 1. The van der Waals surface area contributed by atoms with E-state index >= 15 is 0 Å². The van der Waals surface area contributed by atoms with Crippen molar-refractivity contribution >= 4 is 6.09 Å². The molecule has 4 heteroatoms. The molecule has 0 bridgehead atoms. The Labute approximate surface area is 148 Å². The van der Waals surface area contributed by atoms with Crippen LogP contribution in [0.25, 0.3) is 11.1 Å². The van der Waals surface area contributed by atoms with Gasteiger partial charge in [0.2, 0.25) is 0 Å².